The molecule has 0 aromatic heterocycles. The summed E-state index contributed by atoms with van der Waals surface area (Å²) in [6.45, 7) is 1.12. The number of nitrogens with zero attached hydrogens (tertiary/aromatic N) is 3. The van der Waals surface area contributed by atoms with Gasteiger partial charge in [-0.05, 0) is 33.4 Å². The van der Waals surface area contributed by atoms with E-state index in [1.54, 1.807) is 4.90 Å². The Morgan fingerprint density at radius 3 is 2.60 bits per heavy atom. The monoisotopic (exact) mass is 359 g/mol. The molecule has 2 aliphatic heterocycles. The van der Waals surface area contributed by atoms with E-state index in [1.807, 2.05) is 19.0 Å². The molecule has 3 rings (SSSR count). The van der Waals surface area contributed by atoms with E-state index in [9.17, 15) is 23.5 Å². The largest absolute Gasteiger partial charge is 0.393 e. The number of piperidine rings is 1. The van der Waals surface area contributed by atoms with Crippen LogP contribution in [0.4, 0.5) is 8.78 Å². The summed E-state index contributed by atoms with van der Waals surface area (Å²) >= 11 is 0. The summed E-state index contributed by atoms with van der Waals surface area (Å²) in [5.74, 6) is -4.03. The zero-order valence-corrected chi connectivity index (χ0v) is 14.9. The van der Waals surface area contributed by atoms with E-state index in [0.29, 0.717) is 38.9 Å². The lowest BCUT2D eigenvalue weighted by Gasteiger charge is -2.45. The first-order valence-corrected chi connectivity index (χ1v) is 8.91. The van der Waals surface area contributed by atoms with E-state index in [1.165, 1.54) is 4.90 Å². The highest BCUT2D eigenvalue weighted by molar-refractivity contribution is 5.87. The van der Waals surface area contributed by atoms with Crippen LogP contribution in [0.25, 0.3) is 0 Å². The topological polar surface area (TPSA) is 64.1 Å². The van der Waals surface area contributed by atoms with Gasteiger partial charge in [0.1, 0.15) is 0 Å². The van der Waals surface area contributed by atoms with Gasteiger partial charge in [-0.25, -0.2) is 8.78 Å². The van der Waals surface area contributed by atoms with Gasteiger partial charge in [0.2, 0.25) is 11.8 Å². The van der Waals surface area contributed by atoms with E-state index < -0.39 is 30.4 Å². The Kier molecular flexibility index (Phi) is 4.79. The summed E-state index contributed by atoms with van der Waals surface area (Å²) < 4.78 is 28.7. The summed E-state index contributed by atoms with van der Waals surface area (Å²) in [5.41, 5.74) is -1.16. The van der Waals surface area contributed by atoms with Crippen LogP contribution in [0.2, 0.25) is 0 Å². The third-order valence-electron chi connectivity index (χ3n) is 5.71. The molecule has 0 bridgehead atoms. The smallest absolute Gasteiger partial charge is 0.266 e. The summed E-state index contributed by atoms with van der Waals surface area (Å²) in [7, 11) is 3.80. The number of likely N-dealkylation sites (tertiary alicyclic amines) is 2. The highest BCUT2D eigenvalue weighted by atomic mass is 19.3. The molecule has 6 nitrogen and oxygen atoms in total. The number of hydrogen-bond donors (Lipinski definition) is 1. The normalized spacial score (nSPS) is 34.7. The standard InChI is InChI=1S/C17H27F2N3O3/c1-20(2)5-6-21-4-3-16(15(21)25)9-17(18,19)11-22(10-16)14(24)12-7-13(23)8-12/h12-13,23H,3-11H2,1-2H3/t12?,13?,16-/m0/s1. The maximum absolute atomic E-state index is 14.4. The molecule has 1 saturated carbocycles. The first kappa shape index (κ1) is 18.5. The van der Waals surface area contributed by atoms with Gasteiger partial charge in [0, 0.05) is 38.5 Å². The van der Waals surface area contributed by atoms with Crippen molar-refractivity contribution in [3.05, 3.63) is 0 Å². The molecule has 0 unspecified atom stereocenters. The van der Waals surface area contributed by atoms with Crippen LogP contribution in [0, 0.1) is 11.3 Å². The van der Waals surface area contributed by atoms with Crippen molar-refractivity contribution in [2.75, 3.05) is 46.8 Å². The van der Waals surface area contributed by atoms with Gasteiger partial charge in [0.05, 0.1) is 18.1 Å². The van der Waals surface area contributed by atoms with Crippen molar-refractivity contribution in [3.8, 4) is 0 Å². The van der Waals surface area contributed by atoms with E-state index >= 15 is 0 Å². The fourth-order valence-electron chi connectivity index (χ4n) is 4.25. The molecule has 2 heterocycles. The molecule has 8 heteroatoms. The highest BCUT2D eigenvalue weighted by Crippen LogP contribution is 2.46. The van der Waals surface area contributed by atoms with E-state index in [0.717, 1.165) is 0 Å². The van der Waals surface area contributed by atoms with Crippen LogP contribution in [0.1, 0.15) is 25.7 Å². The second kappa shape index (κ2) is 6.46. The molecule has 1 N–H and O–H groups in total. The number of aliphatic hydroxyl groups excluding tert-OH is 1. The minimum absolute atomic E-state index is 0.0747. The quantitative estimate of drug-likeness (QED) is 0.790. The van der Waals surface area contributed by atoms with Gasteiger partial charge < -0.3 is 19.8 Å². The van der Waals surface area contributed by atoms with Crippen molar-refractivity contribution in [2.45, 2.75) is 37.7 Å². The average molecular weight is 359 g/mol. The average Bonchev–Trinajstić information content (AvgIpc) is 2.76. The van der Waals surface area contributed by atoms with Crippen LogP contribution in [-0.2, 0) is 9.59 Å². The van der Waals surface area contributed by atoms with Crippen molar-refractivity contribution < 1.29 is 23.5 Å². The lowest BCUT2D eigenvalue weighted by Crippen LogP contribution is -2.59. The van der Waals surface area contributed by atoms with Gasteiger partial charge in [0.15, 0.2) is 0 Å². The minimum Gasteiger partial charge on any atom is -0.393 e. The summed E-state index contributed by atoms with van der Waals surface area (Å²) in [5, 5.41) is 9.37. The van der Waals surface area contributed by atoms with E-state index in [2.05, 4.69) is 0 Å². The summed E-state index contributed by atoms with van der Waals surface area (Å²) in [6.07, 6.45) is 0.0383. The third kappa shape index (κ3) is 3.65. The number of aliphatic hydroxyl groups is 1. The lowest BCUT2D eigenvalue weighted by atomic mass is 9.75. The van der Waals surface area contributed by atoms with Crippen molar-refractivity contribution in [1.29, 1.82) is 0 Å². The predicted octanol–water partition coefficient (Wildman–Crippen LogP) is 0.405. The van der Waals surface area contributed by atoms with Gasteiger partial charge in [-0.3, -0.25) is 9.59 Å². The second-order valence-corrected chi connectivity index (χ2v) is 8.17. The van der Waals surface area contributed by atoms with Crippen LogP contribution in [0.15, 0.2) is 0 Å². The first-order chi connectivity index (χ1) is 11.6. The number of likely N-dealkylation sites (N-methyl/N-ethyl adjacent to an activating group) is 1. The fraction of sp³-hybridized carbons (Fsp3) is 0.882. The van der Waals surface area contributed by atoms with E-state index in [-0.39, 0.29) is 24.3 Å². The molecule has 2 saturated heterocycles. The number of amides is 2. The van der Waals surface area contributed by atoms with Crippen LogP contribution in [-0.4, -0.2) is 90.5 Å². The molecule has 2 amide bonds. The predicted molar refractivity (Wildman–Crippen MR) is 87.1 cm³/mol. The molecule has 142 valence electrons. The molecule has 25 heavy (non-hydrogen) atoms. The molecule has 0 aromatic carbocycles. The van der Waals surface area contributed by atoms with Crippen molar-refractivity contribution in [3.63, 3.8) is 0 Å². The van der Waals surface area contributed by atoms with Gasteiger partial charge in [0.25, 0.3) is 5.92 Å². The fourth-order valence-corrected chi connectivity index (χ4v) is 4.25. The molecule has 1 aliphatic carbocycles. The Balaban J connectivity index is 1.72. The maximum Gasteiger partial charge on any atom is 0.266 e. The number of carbonyl (C=O) groups is 2. The van der Waals surface area contributed by atoms with Crippen molar-refractivity contribution in [2.24, 2.45) is 11.3 Å². The van der Waals surface area contributed by atoms with Crippen LogP contribution in [0.3, 0.4) is 0 Å². The molecule has 3 fully saturated rings. The number of hydrogen-bond acceptors (Lipinski definition) is 4. The summed E-state index contributed by atoms with van der Waals surface area (Å²) in [4.78, 5) is 30.1. The number of rotatable bonds is 4. The van der Waals surface area contributed by atoms with Gasteiger partial charge in [-0.2, -0.15) is 0 Å². The molecule has 0 aromatic rings. The molecule has 1 atom stereocenters. The second-order valence-electron chi connectivity index (χ2n) is 8.17. The third-order valence-corrected chi connectivity index (χ3v) is 5.71. The van der Waals surface area contributed by atoms with Crippen LogP contribution in [0.5, 0.6) is 0 Å². The molecule has 3 aliphatic rings. The van der Waals surface area contributed by atoms with Gasteiger partial charge >= 0.3 is 0 Å². The van der Waals surface area contributed by atoms with Gasteiger partial charge in [-0.15, -0.1) is 0 Å². The number of carbonyl (C=O) groups excluding carboxylic acids is 2. The highest BCUT2D eigenvalue weighted by Gasteiger charge is 2.58. The Labute approximate surface area is 146 Å². The first-order valence-electron chi connectivity index (χ1n) is 8.91. The zero-order valence-electron chi connectivity index (χ0n) is 14.9. The number of halogens is 2. The number of alkyl halides is 2. The Hall–Kier alpha value is -1.28. The SMILES string of the molecule is CN(C)CCN1CC[C@]2(CN(C(=O)C3CC(O)C3)CC(F)(F)C2)C1=O. The van der Waals surface area contributed by atoms with Gasteiger partial charge in [-0.1, -0.05) is 0 Å². The van der Waals surface area contributed by atoms with Crippen LogP contribution >= 0.6 is 0 Å². The van der Waals surface area contributed by atoms with Crippen molar-refractivity contribution in [1.82, 2.24) is 14.7 Å². The summed E-state index contributed by atoms with van der Waals surface area (Å²) in [6, 6.07) is 0. The minimum atomic E-state index is -3.05. The molecular weight excluding hydrogens is 332 g/mol. The molecule has 0 radical (unpaired) electrons. The van der Waals surface area contributed by atoms with E-state index in [4.69, 9.17) is 0 Å². The molecular formula is C17H27F2N3O3. The Morgan fingerprint density at radius 2 is 2.00 bits per heavy atom. The lowest BCUT2D eigenvalue weighted by molar-refractivity contribution is -0.168. The Morgan fingerprint density at radius 1 is 1.32 bits per heavy atom. The zero-order chi connectivity index (χ0) is 18.4. The van der Waals surface area contributed by atoms with Crippen LogP contribution < -0.4 is 0 Å². The maximum atomic E-state index is 14.4. The van der Waals surface area contributed by atoms with Crippen molar-refractivity contribution >= 4 is 11.8 Å². The molecule has 1 spiro atoms. The Bertz CT molecular complexity index is 551.